The van der Waals surface area contributed by atoms with Gasteiger partial charge in [-0.25, -0.2) is 0 Å². The number of unbranched alkanes of at least 4 members (excludes halogenated alkanes) is 5. The molecule has 0 saturated carbocycles. The van der Waals surface area contributed by atoms with Gasteiger partial charge in [-0.1, -0.05) is 165 Å². The Labute approximate surface area is 966 Å². The largest absolute Gasteiger partial charge is 0.339 e. The van der Waals surface area contributed by atoms with Crippen molar-refractivity contribution in [3.8, 4) is 41.8 Å². The van der Waals surface area contributed by atoms with E-state index >= 15 is 0 Å². The summed E-state index contributed by atoms with van der Waals surface area (Å²) in [7, 11) is 0. The summed E-state index contributed by atoms with van der Waals surface area (Å²) in [6.45, 7) is 36.9. The van der Waals surface area contributed by atoms with E-state index in [-0.39, 0.29) is 32.3 Å². The minimum Gasteiger partial charge on any atom is -0.339 e. The second-order valence-electron chi connectivity index (χ2n) is 41.8. The Bertz CT molecular complexity index is 5680. The van der Waals surface area contributed by atoms with Crippen LogP contribution in [0.1, 0.15) is 343 Å². The molecule has 5 unspecified atom stereocenters. The minimum absolute atomic E-state index is 0. The third-order valence-corrected chi connectivity index (χ3v) is 60.0. The fourth-order valence-electron chi connectivity index (χ4n) is 19.1. The number of hydrogen-bond donors (Lipinski definition) is 0. The summed E-state index contributed by atoms with van der Waals surface area (Å²) in [5, 5.41) is 24.2. The number of amides is 1. The zero-order valence-corrected chi connectivity index (χ0v) is 109. The van der Waals surface area contributed by atoms with Gasteiger partial charge in [0.2, 0.25) is 11.6 Å². The SMILES string of the molecule is C.C.C1CCOC1.C1CCOC1.C1CCOC1.C1CCOC1.CCCCC(CC)Cc1ccc(-c2c3c[c]([Sn]([CH3])([CH3])[CH3])sc3c(-c3ccc(CC(CC)CCCC)s3)c3c[c]([Sn]([CH3])([CH3])[CH3])sc23)s1.CCCCC(CC)Cc1ccc(-c2c3ccsc3c(-c3ccc(CC(CC)CCCC)s3)c3ccsc23)s1.CCCCC(CC)Cc1cccs1.CCN(CC)C(=O)c1ccsc1.O=C1c2ccsc2C(=O)c2ccsc21.c1ccsc1. The summed E-state index contributed by atoms with van der Waals surface area (Å²) in [6, 6.07) is 43.4. The van der Waals surface area contributed by atoms with E-state index in [1.807, 2.05) is 115 Å². The maximum atomic E-state index is 11.8. The third kappa shape index (κ3) is 39.4. The number of ether oxygens (including phenoxy) is 4. The Morgan fingerprint density at radius 1 is 0.320 bits per heavy atom. The summed E-state index contributed by atoms with van der Waals surface area (Å²) in [6.07, 6.45) is 43.1. The first kappa shape index (κ1) is 129. The molecule has 17 heterocycles. The molecule has 5 atom stereocenters. The molecule has 4 fully saturated rings. The minimum atomic E-state index is -2.32. The molecule has 4 saturated heterocycles. The van der Waals surface area contributed by atoms with E-state index in [1.165, 1.54) is 285 Å². The van der Waals surface area contributed by atoms with Gasteiger partial charge in [-0.3, -0.25) is 14.4 Å². The van der Waals surface area contributed by atoms with E-state index in [2.05, 4.69) is 245 Å². The summed E-state index contributed by atoms with van der Waals surface area (Å²) >= 11 is 19.6. The molecular weight excluding hydrogens is 2310 g/mol. The molecule has 822 valence electrons. The van der Waals surface area contributed by atoms with Crippen LogP contribution in [0.3, 0.4) is 0 Å². The topological polar surface area (TPSA) is 91.4 Å². The zero-order chi connectivity index (χ0) is 106. The molecule has 5 aliphatic rings. The Kier molecular flexibility index (Phi) is 60.4. The molecule has 23 heteroatoms. The van der Waals surface area contributed by atoms with Gasteiger partial charge in [0.15, 0.2) is 0 Å². The molecule has 0 radical (unpaired) electrons. The number of rotatable bonds is 39. The van der Waals surface area contributed by atoms with Crippen LogP contribution in [0, 0.1) is 29.6 Å². The predicted octanol–water partition coefficient (Wildman–Crippen LogP) is 42.8. The van der Waals surface area contributed by atoms with Crippen LogP contribution in [0.5, 0.6) is 0 Å². The molecule has 8 nitrogen and oxygen atoms in total. The Morgan fingerprint density at radius 3 is 0.887 bits per heavy atom. The van der Waals surface area contributed by atoms with Crippen molar-refractivity contribution in [3.05, 3.63) is 215 Å². The summed E-state index contributed by atoms with van der Waals surface area (Å²) in [5.74, 6) is 4.28. The molecule has 0 bridgehead atoms. The van der Waals surface area contributed by atoms with E-state index < -0.39 is 36.8 Å². The van der Waals surface area contributed by atoms with Crippen LogP contribution in [-0.2, 0) is 51.1 Å². The average molecular weight is 2490 g/mol. The molecule has 150 heavy (non-hydrogen) atoms. The first-order valence-electron chi connectivity index (χ1n) is 56.1. The maximum absolute atomic E-state index is 11.8. The second-order valence-corrected chi connectivity index (χ2v) is 85.7. The predicted molar refractivity (Wildman–Crippen MR) is 688 cm³/mol. The third-order valence-electron chi connectivity index (χ3n) is 28.4. The molecular formula is C127H181NO7S13Sn2. The van der Waals surface area contributed by atoms with Crippen molar-refractivity contribution < 1.29 is 33.3 Å². The number of fused-ring (bicyclic) bond motifs is 6. The smallest absolute Gasteiger partial charge is 0.254 e. The van der Waals surface area contributed by atoms with E-state index in [9.17, 15) is 14.4 Å². The van der Waals surface area contributed by atoms with Crippen molar-refractivity contribution in [2.75, 3.05) is 65.9 Å². The monoisotopic (exact) mass is 2490 g/mol. The van der Waals surface area contributed by atoms with Gasteiger partial charge < -0.3 is 23.8 Å². The van der Waals surface area contributed by atoms with Crippen LogP contribution >= 0.6 is 147 Å². The molecule has 20 rings (SSSR count). The van der Waals surface area contributed by atoms with Gasteiger partial charge in [0.05, 0.1) is 15.3 Å². The fraction of sp³-hybridized carbons (Fsp3) is 0.535. The fourth-order valence-corrected chi connectivity index (χ4v) is 42.5. The van der Waals surface area contributed by atoms with Crippen LogP contribution in [0.15, 0.2) is 164 Å². The van der Waals surface area contributed by atoms with E-state index in [0.29, 0.717) is 20.9 Å². The Morgan fingerprint density at radius 2 is 0.633 bits per heavy atom. The molecule has 0 spiro atoms. The standard InChI is InChI=1S/C34H42S4.C34H40S4.C12H20S.C10H4O2S2.C9H13NOS.4C4H8O.C4H4S.2CH4.6CH3.2Sn/c2*1-5-9-11-23(7-3)21-25-13-15-29(37-25)31-27-17-19-36-34(27)32(28-18-20-35-33(28)31)30-16-14-26(38-30)22-24(8-4)12-10-6-2;1-3-5-7-11(4-2)10-12-8-6-9-13-12;11-7-5-1-3-13-9(5)8(12)6-2-4-14-10(6)7;1-3-10(4-2)9(11)8-5-6-12-7-8;5*1-2-4-5-3-1;;;;;;;;;;/h13-20,23-24H,5-12,21-22H2,1-4H3;13-18,23-24H,5-12,21-22H2,1-4H3;6,8-9,11H,3-5,7,10H2,1-2H3;1-4H;5-7H,3-4H2,1-2H3;4*1-4H2;1-4H;2*1H4;6*1H3;;. The number of carbonyl (C=O) groups is 3. The Hall–Kier alpha value is -4.17. The van der Waals surface area contributed by atoms with Gasteiger partial charge in [0.1, 0.15) is 0 Å². The number of nitrogens with zero attached hydrogens (tertiary/aromatic N) is 1. The summed E-state index contributed by atoms with van der Waals surface area (Å²) in [4.78, 5) is 67.6. The van der Waals surface area contributed by atoms with Gasteiger partial charge in [-0.05, 0) is 206 Å². The van der Waals surface area contributed by atoms with Crippen LogP contribution in [0.2, 0.25) is 29.6 Å². The molecule has 15 aromatic rings. The van der Waals surface area contributed by atoms with Gasteiger partial charge >= 0.3 is 295 Å². The average Bonchev–Trinajstić information content (AvgIpc) is 1.56. The molecule has 1 amide bonds. The first-order valence-corrected chi connectivity index (χ1v) is 87.3. The number of thiophene rings is 13. The van der Waals surface area contributed by atoms with Crippen molar-refractivity contribution in [1.29, 1.82) is 0 Å². The van der Waals surface area contributed by atoms with E-state index in [4.69, 9.17) is 18.9 Å². The van der Waals surface area contributed by atoms with Gasteiger partial charge in [0.25, 0.3) is 5.91 Å². The van der Waals surface area contributed by atoms with Crippen LogP contribution in [0.4, 0.5) is 0 Å². The molecule has 0 N–H and O–H groups in total. The van der Waals surface area contributed by atoms with Crippen LogP contribution < -0.4 is 5.79 Å². The molecule has 4 aliphatic heterocycles. The van der Waals surface area contributed by atoms with Gasteiger partial charge in [0, 0.05) is 138 Å². The van der Waals surface area contributed by atoms with Crippen molar-refractivity contribution in [3.63, 3.8) is 0 Å². The van der Waals surface area contributed by atoms with Gasteiger partial charge in [-0.2, -0.15) is 22.7 Å². The summed E-state index contributed by atoms with van der Waals surface area (Å²) in [5.41, 5.74) is 7.98. The second kappa shape index (κ2) is 70.0. The molecule has 13 aromatic heterocycles. The number of ketones is 2. The number of hydrogen-bond acceptors (Lipinski definition) is 20. The van der Waals surface area contributed by atoms with E-state index in [1.54, 1.807) is 107 Å². The van der Waals surface area contributed by atoms with Crippen molar-refractivity contribution in [2.45, 2.75) is 339 Å². The first-order chi connectivity index (χ1) is 72.0. The van der Waals surface area contributed by atoms with Crippen LogP contribution in [-0.4, -0.2) is 125 Å². The van der Waals surface area contributed by atoms with Crippen molar-refractivity contribution in [1.82, 2.24) is 4.90 Å². The van der Waals surface area contributed by atoms with Gasteiger partial charge in [-0.15, -0.1) is 79.4 Å². The Balaban J connectivity index is 0.000000210. The molecule has 2 aromatic carbocycles. The van der Waals surface area contributed by atoms with Crippen LogP contribution in [0.25, 0.3) is 82.1 Å². The van der Waals surface area contributed by atoms with E-state index in [0.717, 1.165) is 101 Å². The zero-order valence-electron chi connectivity index (χ0n) is 92.6. The van der Waals surface area contributed by atoms with Crippen molar-refractivity contribution >= 4 is 248 Å². The summed E-state index contributed by atoms with van der Waals surface area (Å²) < 4.78 is 29.2. The quantitative estimate of drug-likeness (QED) is 0.0355. The van der Waals surface area contributed by atoms with Crippen molar-refractivity contribution in [2.24, 2.45) is 29.6 Å². The normalized spacial score (nSPS) is 14.5. The maximum Gasteiger partial charge on any atom is 0.254 e. The molecule has 1 aliphatic carbocycles. The number of benzene rings is 2. The number of carbonyl (C=O) groups excluding carboxylic acids is 3.